The molecule has 98 valence electrons. The fourth-order valence-electron chi connectivity index (χ4n) is 2.00. The van der Waals surface area contributed by atoms with Gasteiger partial charge >= 0.3 is 0 Å². The molecule has 0 aliphatic heterocycles. The second-order valence-electron chi connectivity index (χ2n) is 4.38. The fraction of sp³-hybridized carbons (Fsp3) is 0.692. The molecule has 0 saturated carbocycles. The topological polar surface area (TPSA) is 57.4 Å². The standard InChI is InChI=1S/C13H24N2O2/c1-3-5-13(14-4-2)11-6-7-15(8-11)9-12(17)10-16/h6-8,12-14,16-17H,3-5,9-10H2,1-2H3. The molecule has 0 amide bonds. The normalized spacial score (nSPS) is 14.8. The van der Waals surface area contributed by atoms with Crippen LogP contribution in [0.3, 0.4) is 0 Å². The van der Waals surface area contributed by atoms with Crippen LogP contribution in [0.25, 0.3) is 0 Å². The Morgan fingerprint density at radius 2 is 2.18 bits per heavy atom. The Bertz CT molecular complexity index is 306. The molecule has 0 aliphatic carbocycles. The fourth-order valence-corrected chi connectivity index (χ4v) is 2.00. The molecule has 2 unspecified atom stereocenters. The summed E-state index contributed by atoms with van der Waals surface area (Å²) in [6, 6.07) is 2.46. The van der Waals surface area contributed by atoms with Crippen LogP contribution in [0.2, 0.25) is 0 Å². The molecule has 0 aliphatic rings. The van der Waals surface area contributed by atoms with Crippen molar-refractivity contribution in [3.8, 4) is 0 Å². The zero-order valence-corrected chi connectivity index (χ0v) is 10.8. The van der Waals surface area contributed by atoms with E-state index in [2.05, 4.69) is 25.2 Å². The zero-order chi connectivity index (χ0) is 12.7. The number of aliphatic hydroxyl groups is 2. The van der Waals surface area contributed by atoms with Crippen LogP contribution >= 0.6 is 0 Å². The first-order valence-electron chi connectivity index (χ1n) is 6.39. The van der Waals surface area contributed by atoms with E-state index in [0.29, 0.717) is 12.6 Å². The Morgan fingerprint density at radius 1 is 1.41 bits per heavy atom. The van der Waals surface area contributed by atoms with Gasteiger partial charge in [-0.1, -0.05) is 20.3 Å². The van der Waals surface area contributed by atoms with Crippen molar-refractivity contribution in [1.29, 1.82) is 0 Å². The van der Waals surface area contributed by atoms with Crippen LogP contribution in [0.5, 0.6) is 0 Å². The molecule has 3 N–H and O–H groups in total. The lowest BCUT2D eigenvalue weighted by molar-refractivity contribution is 0.0813. The summed E-state index contributed by atoms with van der Waals surface area (Å²) in [7, 11) is 0. The lowest BCUT2D eigenvalue weighted by Gasteiger charge is -2.15. The van der Waals surface area contributed by atoms with E-state index >= 15 is 0 Å². The monoisotopic (exact) mass is 240 g/mol. The maximum absolute atomic E-state index is 9.38. The summed E-state index contributed by atoms with van der Waals surface area (Å²) in [6.45, 7) is 5.49. The Balaban J connectivity index is 2.63. The van der Waals surface area contributed by atoms with E-state index in [-0.39, 0.29) is 6.61 Å². The summed E-state index contributed by atoms with van der Waals surface area (Å²) in [5.74, 6) is 0. The van der Waals surface area contributed by atoms with Gasteiger partial charge in [-0.15, -0.1) is 0 Å². The third kappa shape index (κ3) is 4.50. The minimum absolute atomic E-state index is 0.195. The predicted molar refractivity (Wildman–Crippen MR) is 68.9 cm³/mol. The molecular weight excluding hydrogens is 216 g/mol. The van der Waals surface area contributed by atoms with Crippen molar-refractivity contribution in [3.05, 3.63) is 24.0 Å². The van der Waals surface area contributed by atoms with E-state index in [1.807, 2.05) is 17.0 Å². The van der Waals surface area contributed by atoms with Gasteiger partial charge in [0.2, 0.25) is 0 Å². The van der Waals surface area contributed by atoms with Gasteiger partial charge in [0.05, 0.1) is 19.3 Å². The number of rotatable bonds is 8. The van der Waals surface area contributed by atoms with Crippen LogP contribution < -0.4 is 5.32 Å². The highest BCUT2D eigenvalue weighted by atomic mass is 16.3. The number of hydrogen-bond donors (Lipinski definition) is 3. The smallest absolute Gasteiger partial charge is 0.0949 e. The highest BCUT2D eigenvalue weighted by molar-refractivity contribution is 5.15. The van der Waals surface area contributed by atoms with Crippen molar-refractivity contribution in [2.75, 3.05) is 13.2 Å². The first-order chi connectivity index (χ1) is 8.21. The highest BCUT2D eigenvalue weighted by Gasteiger charge is 2.11. The average Bonchev–Trinajstić information content (AvgIpc) is 2.77. The van der Waals surface area contributed by atoms with Crippen molar-refractivity contribution >= 4 is 0 Å². The second-order valence-corrected chi connectivity index (χ2v) is 4.38. The van der Waals surface area contributed by atoms with Gasteiger partial charge in [-0.2, -0.15) is 0 Å². The van der Waals surface area contributed by atoms with Gasteiger partial charge in [0.25, 0.3) is 0 Å². The summed E-state index contributed by atoms with van der Waals surface area (Å²) in [4.78, 5) is 0. The van der Waals surface area contributed by atoms with E-state index in [0.717, 1.165) is 19.4 Å². The SMILES string of the molecule is CCCC(NCC)c1ccn(CC(O)CO)c1. The molecule has 1 aromatic rings. The first-order valence-corrected chi connectivity index (χ1v) is 6.39. The maximum atomic E-state index is 9.38. The molecule has 1 aromatic heterocycles. The summed E-state index contributed by atoms with van der Waals surface area (Å²) in [5, 5.41) is 21.6. The number of nitrogens with zero attached hydrogens (tertiary/aromatic N) is 1. The number of aliphatic hydroxyl groups excluding tert-OH is 2. The third-order valence-corrected chi connectivity index (χ3v) is 2.84. The van der Waals surface area contributed by atoms with Crippen LogP contribution in [-0.2, 0) is 6.54 Å². The number of aromatic nitrogens is 1. The number of hydrogen-bond acceptors (Lipinski definition) is 3. The lowest BCUT2D eigenvalue weighted by Crippen LogP contribution is -2.21. The predicted octanol–water partition coefficient (Wildman–Crippen LogP) is 1.29. The first kappa shape index (κ1) is 14.2. The molecular formula is C13H24N2O2. The zero-order valence-electron chi connectivity index (χ0n) is 10.8. The number of nitrogens with one attached hydrogen (secondary N) is 1. The van der Waals surface area contributed by atoms with Crippen molar-refractivity contribution in [2.24, 2.45) is 0 Å². The van der Waals surface area contributed by atoms with E-state index in [4.69, 9.17) is 5.11 Å². The Kier molecular flexibility index (Phi) is 6.26. The van der Waals surface area contributed by atoms with Gasteiger partial charge in [-0.3, -0.25) is 0 Å². The van der Waals surface area contributed by atoms with E-state index in [9.17, 15) is 5.11 Å². The molecule has 0 spiro atoms. The second kappa shape index (κ2) is 7.48. The van der Waals surface area contributed by atoms with Gasteiger partial charge in [-0.25, -0.2) is 0 Å². The van der Waals surface area contributed by atoms with E-state index in [1.165, 1.54) is 5.56 Å². The molecule has 2 atom stereocenters. The Labute approximate surface area is 103 Å². The lowest BCUT2D eigenvalue weighted by atomic mass is 10.1. The van der Waals surface area contributed by atoms with Gasteiger partial charge in [0.1, 0.15) is 0 Å². The van der Waals surface area contributed by atoms with Crippen molar-refractivity contribution in [2.45, 2.75) is 45.4 Å². The van der Waals surface area contributed by atoms with Gasteiger partial charge < -0.3 is 20.1 Å². The average molecular weight is 240 g/mol. The van der Waals surface area contributed by atoms with Crippen LogP contribution in [0.1, 0.15) is 38.3 Å². The molecule has 0 bridgehead atoms. The minimum atomic E-state index is -0.681. The molecule has 4 heteroatoms. The van der Waals surface area contributed by atoms with Crippen LogP contribution in [0.15, 0.2) is 18.5 Å². The van der Waals surface area contributed by atoms with Crippen molar-refractivity contribution < 1.29 is 10.2 Å². The summed E-state index contributed by atoms with van der Waals surface area (Å²) < 4.78 is 1.93. The highest BCUT2D eigenvalue weighted by Crippen LogP contribution is 2.18. The molecule has 1 rings (SSSR count). The van der Waals surface area contributed by atoms with E-state index < -0.39 is 6.10 Å². The largest absolute Gasteiger partial charge is 0.394 e. The van der Waals surface area contributed by atoms with Crippen molar-refractivity contribution in [3.63, 3.8) is 0 Å². The van der Waals surface area contributed by atoms with Gasteiger partial charge in [-0.05, 0) is 24.6 Å². The summed E-state index contributed by atoms with van der Waals surface area (Å²) in [6.07, 6.45) is 5.57. The Hall–Kier alpha value is -0.840. The molecule has 0 saturated heterocycles. The van der Waals surface area contributed by atoms with Crippen LogP contribution in [0, 0.1) is 0 Å². The molecule has 0 radical (unpaired) electrons. The molecule has 1 heterocycles. The molecule has 17 heavy (non-hydrogen) atoms. The van der Waals surface area contributed by atoms with Crippen LogP contribution in [0.4, 0.5) is 0 Å². The molecule has 0 fully saturated rings. The minimum Gasteiger partial charge on any atom is -0.394 e. The van der Waals surface area contributed by atoms with Crippen LogP contribution in [-0.4, -0.2) is 34.0 Å². The van der Waals surface area contributed by atoms with Gasteiger partial charge in [0, 0.05) is 18.4 Å². The molecule has 0 aromatic carbocycles. The van der Waals surface area contributed by atoms with Gasteiger partial charge in [0.15, 0.2) is 0 Å². The van der Waals surface area contributed by atoms with E-state index in [1.54, 1.807) is 0 Å². The quantitative estimate of drug-likeness (QED) is 0.642. The Morgan fingerprint density at radius 3 is 2.76 bits per heavy atom. The third-order valence-electron chi connectivity index (χ3n) is 2.84. The maximum Gasteiger partial charge on any atom is 0.0949 e. The summed E-state index contributed by atoms with van der Waals surface area (Å²) >= 11 is 0. The van der Waals surface area contributed by atoms with Crippen molar-refractivity contribution in [1.82, 2.24) is 9.88 Å². The molecule has 4 nitrogen and oxygen atoms in total. The summed E-state index contributed by atoms with van der Waals surface area (Å²) in [5.41, 5.74) is 1.25.